The van der Waals surface area contributed by atoms with E-state index in [-0.39, 0.29) is 34.5 Å². The number of anilines is 3. The smallest absolute Gasteiger partial charge is 0.404 e. The predicted octanol–water partition coefficient (Wildman–Crippen LogP) is 1.75. The van der Waals surface area contributed by atoms with E-state index in [2.05, 4.69) is 15.3 Å². The minimum absolute atomic E-state index is 0.0434. The molecule has 1 atom stereocenters. The van der Waals surface area contributed by atoms with Gasteiger partial charge in [-0.2, -0.15) is 4.98 Å². The van der Waals surface area contributed by atoms with Crippen molar-refractivity contribution >= 4 is 35.4 Å². The van der Waals surface area contributed by atoms with Gasteiger partial charge in [-0.15, -0.1) is 0 Å². The fourth-order valence-corrected chi connectivity index (χ4v) is 4.79. The Hall–Kier alpha value is -4.16. The average molecular weight is 527 g/mol. The van der Waals surface area contributed by atoms with Crippen LogP contribution in [0.3, 0.4) is 0 Å². The van der Waals surface area contributed by atoms with Crippen molar-refractivity contribution in [1.29, 1.82) is 0 Å². The number of primary amides is 2. The third-order valence-corrected chi connectivity index (χ3v) is 6.72. The molecule has 0 spiro atoms. The lowest BCUT2D eigenvalue weighted by atomic mass is 10.1. The Morgan fingerprint density at radius 1 is 1.08 bits per heavy atom. The minimum Gasteiger partial charge on any atom is -0.445 e. The van der Waals surface area contributed by atoms with Crippen molar-refractivity contribution in [1.82, 2.24) is 19.4 Å². The summed E-state index contributed by atoms with van der Waals surface area (Å²) in [4.78, 5) is 62.2. The van der Waals surface area contributed by atoms with Crippen LogP contribution in [0.2, 0.25) is 0 Å². The van der Waals surface area contributed by atoms with Gasteiger partial charge in [0.25, 0.3) is 17.4 Å². The first-order valence-electron chi connectivity index (χ1n) is 12.8. The Kier molecular flexibility index (Phi) is 8.13. The van der Waals surface area contributed by atoms with Gasteiger partial charge in [0.15, 0.2) is 0 Å². The SMILES string of the molecule is CC(C)n1cc(Nc2nc(N3CCCC(OC(N)=O)C3)ncc2C(N)=O)cc(C(=O)N2CCCCC2)c1=O. The largest absolute Gasteiger partial charge is 0.445 e. The van der Waals surface area contributed by atoms with Crippen molar-refractivity contribution < 1.29 is 19.1 Å². The van der Waals surface area contributed by atoms with Crippen LogP contribution in [0.1, 0.15) is 72.7 Å². The third kappa shape index (κ3) is 6.03. The number of amides is 3. The molecular formula is C25H34N8O5. The average Bonchev–Trinajstić information content (AvgIpc) is 2.89. The second-order valence-corrected chi connectivity index (χ2v) is 9.87. The van der Waals surface area contributed by atoms with Crippen LogP contribution in [-0.2, 0) is 4.74 Å². The molecule has 3 amide bonds. The number of hydrogen-bond acceptors (Lipinski definition) is 9. The van der Waals surface area contributed by atoms with Crippen LogP contribution in [0, 0.1) is 0 Å². The molecule has 2 saturated heterocycles. The highest BCUT2D eigenvalue weighted by molar-refractivity contribution is 5.98. The van der Waals surface area contributed by atoms with Gasteiger partial charge in [0.05, 0.1) is 12.2 Å². The summed E-state index contributed by atoms with van der Waals surface area (Å²) in [5, 5.41) is 3.08. The van der Waals surface area contributed by atoms with Crippen LogP contribution in [0.15, 0.2) is 23.3 Å². The number of piperidine rings is 2. The van der Waals surface area contributed by atoms with E-state index in [0.717, 1.165) is 25.7 Å². The molecule has 2 aliphatic heterocycles. The number of hydrogen-bond donors (Lipinski definition) is 3. The number of nitrogens with two attached hydrogens (primary N) is 2. The van der Waals surface area contributed by atoms with Gasteiger partial charge in [0.2, 0.25) is 5.95 Å². The van der Waals surface area contributed by atoms with Gasteiger partial charge in [0.1, 0.15) is 23.0 Å². The Morgan fingerprint density at radius 2 is 1.82 bits per heavy atom. The molecule has 2 aromatic heterocycles. The molecule has 5 N–H and O–H groups in total. The number of carbonyl (C=O) groups is 3. The van der Waals surface area contributed by atoms with Gasteiger partial charge in [-0.05, 0) is 52.0 Å². The molecule has 0 bridgehead atoms. The molecule has 13 heteroatoms. The van der Waals surface area contributed by atoms with Crippen LogP contribution in [0.25, 0.3) is 0 Å². The van der Waals surface area contributed by atoms with E-state index < -0.39 is 18.1 Å². The Labute approximate surface area is 220 Å². The molecule has 0 aromatic carbocycles. The van der Waals surface area contributed by atoms with Crippen LogP contribution in [0.5, 0.6) is 0 Å². The molecule has 4 heterocycles. The number of nitrogens with zero attached hydrogens (tertiary/aromatic N) is 5. The molecule has 0 aliphatic carbocycles. The molecule has 1 unspecified atom stereocenters. The van der Waals surface area contributed by atoms with Crippen molar-refractivity contribution in [3.63, 3.8) is 0 Å². The fraction of sp³-hybridized carbons (Fsp3) is 0.520. The van der Waals surface area contributed by atoms with Gasteiger partial charge in [-0.3, -0.25) is 14.4 Å². The molecule has 2 aromatic rings. The minimum atomic E-state index is -0.848. The van der Waals surface area contributed by atoms with Crippen molar-refractivity contribution in [2.45, 2.75) is 58.1 Å². The maximum Gasteiger partial charge on any atom is 0.404 e. The van der Waals surface area contributed by atoms with Gasteiger partial charge in [-0.25, -0.2) is 9.78 Å². The van der Waals surface area contributed by atoms with Crippen LogP contribution < -0.4 is 27.2 Å². The molecule has 2 aliphatic rings. The third-order valence-electron chi connectivity index (χ3n) is 6.72. The van der Waals surface area contributed by atoms with Crippen molar-refractivity contribution in [3.05, 3.63) is 39.9 Å². The second kappa shape index (κ2) is 11.5. The maximum atomic E-state index is 13.3. The Morgan fingerprint density at radius 3 is 2.47 bits per heavy atom. The van der Waals surface area contributed by atoms with Crippen LogP contribution in [-0.4, -0.2) is 69.6 Å². The van der Waals surface area contributed by atoms with Crippen molar-refractivity contribution in [3.8, 4) is 0 Å². The highest BCUT2D eigenvalue weighted by atomic mass is 16.6. The van der Waals surface area contributed by atoms with E-state index in [4.69, 9.17) is 16.2 Å². The highest BCUT2D eigenvalue weighted by Crippen LogP contribution is 2.25. The maximum absolute atomic E-state index is 13.3. The lowest BCUT2D eigenvalue weighted by Gasteiger charge is -2.32. The summed E-state index contributed by atoms with van der Waals surface area (Å²) in [6.45, 7) is 5.85. The quantitative estimate of drug-likeness (QED) is 0.484. The number of likely N-dealkylation sites (tertiary alicyclic amines) is 1. The summed E-state index contributed by atoms with van der Waals surface area (Å²) < 4.78 is 6.62. The van der Waals surface area contributed by atoms with E-state index in [9.17, 15) is 19.2 Å². The van der Waals surface area contributed by atoms with E-state index in [1.54, 1.807) is 11.1 Å². The molecule has 204 valence electrons. The summed E-state index contributed by atoms with van der Waals surface area (Å²) in [5.41, 5.74) is 10.9. The summed E-state index contributed by atoms with van der Waals surface area (Å²) in [6, 6.07) is 1.27. The second-order valence-electron chi connectivity index (χ2n) is 9.87. The zero-order valence-corrected chi connectivity index (χ0v) is 21.7. The highest BCUT2D eigenvalue weighted by Gasteiger charge is 2.26. The Balaban J connectivity index is 1.69. The van der Waals surface area contributed by atoms with Crippen molar-refractivity contribution in [2.75, 3.05) is 36.4 Å². The van der Waals surface area contributed by atoms with Crippen LogP contribution >= 0.6 is 0 Å². The van der Waals surface area contributed by atoms with Gasteiger partial charge < -0.3 is 35.9 Å². The summed E-state index contributed by atoms with van der Waals surface area (Å²) in [5.74, 6) is -0.627. The molecular weight excluding hydrogens is 492 g/mol. The van der Waals surface area contributed by atoms with Gasteiger partial charge in [-0.1, -0.05) is 0 Å². The molecule has 13 nitrogen and oxygen atoms in total. The van der Waals surface area contributed by atoms with Gasteiger partial charge in [0, 0.05) is 38.1 Å². The summed E-state index contributed by atoms with van der Waals surface area (Å²) in [6.07, 6.45) is 5.89. The lowest BCUT2D eigenvalue weighted by Crippen LogP contribution is -2.42. The van der Waals surface area contributed by atoms with E-state index in [0.29, 0.717) is 44.2 Å². The summed E-state index contributed by atoms with van der Waals surface area (Å²) >= 11 is 0. The standard InChI is InChI=1S/C25H34N8O5/c1-15(2)33-13-16(11-18(23(33)36)22(35)31-8-4-3-5-9-31)29-21-19(20(26)34)12-28-25(30-21)32-10-6-7-17(14-32)38-24(27)37/h11-13,15,17H,3-10,14H2,1-2H3,(H2,26,34)(H2,27,37)(H,28,29,30). The number of rotatable bonds is 7. The molecule has 2 fully saturated rings. The number of ether oxygens (including phenoxy) is 1. The fourth-order valence-electron chi connectivity index (χ4n) is 4.79. The molecule has 38 heavy (non-hydrogen) atoms. The van der Waals surface area contributed by atoms with Crippen molar-refractivity contribution in [2.24, 2.45) is 11.5 Å². The topological polar surface area (TPSA) is 179 Å². The first-order chi connectivity index (χ1) is 18.1. The molecule has 0 saturated carbocycles. The zero-order valence-electron chi connectivity index (χ0n) is 21.7. The van der Waals surface area contributed by atoms with E-state index >= 15 is 0 Å². The van der Waals surface area contributed by atoms with E-state index in [1.807, 2.05) is 18.7 Å². The lowest BCUT2D eigenvalue weighted by molar-refractivity contribution is 0.0721. The predicted molar refractivity (Wildman–Crippen MR) is 141 cm³/mol. The monoisotopic (exact) mass is 526 g/mol. The number of carbonyl (C=O) groups excluding carboxylic acids is 3. The first kappa shape index (κ1) is 26.9. The first-order valence-corrected chi connectivity index (χ1v) is 12.8. The normalized spacial score (nSPS) is 17.8. The molecule has 4 rings (SSSR count). The number of pyridine rings is 1. The summed E-state index contributed by atoms with van der Waals surface area (Å²) in [7, 11) is 0. The number of nitrogens with one attached hydrogen (secondary N) is 1. The van der Waals surface area contributed by atoms with E-state index in [1.165, 1.54) is 16.8 Å². The van der Waals surface area contributed by atoms with Gasteiger partial charge >= 0.3 is 6.09 Å². The molecule has 0 radical (unpaired) electrons. The number of aromatic nitrogens is 3. The Bertz CT molecular complexity index is 1270. The van der Waals surface area contributed by atoms with Crippen LogP contribution in [0.4, 0.5) is 22.2 Å². The zero-order chi connectivity index (χ0) is 27.4.